The third-order valence-corrected chi connectivity index (χ3v) is 4.09. The molecule has 2 rings (SSSR count). The SMILES string of the molecule is C=CCc1c([SH](=O)=O)ccc(OC(=O)c2ccccc2)c1C. The average molecular weight is 316 g/mol. The van der Waals surface area contributed by atoms with Gasteiger partial charge >= 0.3 is 5.97 Å². The molecule has 0 aliphatic rings. The van der Waals surface area contributed by atoms with Gasteiger partial charge in [-0.1, -0.05) is 24.3 Å². The summed E-state index contributed by atoms with van der Waals surface area (Å²) in [5.74, 6) is -0.126. The molecule has 2 aromatic rings. The second kappa shape index (κ2) is 7.04. The van der Waals surface area contributed by atoms with Crippen LogP contribution in [0.5, 0.6) is 5.75 Å². The molecule has 114 valence electrons. The van der Waals surface area contributed by atoms with Crippen LogP contribution in [0, 0.1) is 6.92 Å². The van der Waals surface area contributed by atoms with Crippen LogP contribution in [0.25, 0.3) is 0 Å². The molecule has 0 aromatic heterocycles. The van der Waals surface area contributed by atoms with E-state index in [9.17, 15) is 13.2 Å². The molecular weight excluding hydrogens is 300 g/mol. The van der Waals surface area contributed by atoms with E-state index < -0.39 is 16.7 Å². The summed E-state index contributed by atoms with van der Waals surface area (Å²) in [6, 6.07) is 11.6. The Bertz CT molecular complexity index is 769. The lowest BCUT2D eigenvalue weighted by Gasteiger charge is -2.12. The van der Waals surface area contributed by atoms with Crippen LogP contribution in [-0.2, 0) is 17.1 Å². The van der Waals surface area contributed by atoms with Crippen molar-refractivity contribution in [2.75, 3.05) is 0 Å². The first-order chi connectivity index (χ1) is 10.5. The lowest BCUT2D eigenvalue weighted by atomic mass is 10.0. The smallest absolute Gasteiger partial charge is 0.343 e. The molecule has 0 atom stereocenters. The lowest BCUT2D eigenvalue weighted by molar-refractivity contribution is 0.0733. The summed E-state index contributed by atoms with van der Waals surface area (Å²) < 4.78 is 28.0. The number of esters is 1. The summed E-state index contributed by atoms with van der Waals surface area (Å²) in [6.45, 7) is 5.36. The molecule has 2 aromatic carbocycles. The molecule has 0 heterocycles. The number of hydrogen-bond acceptors (Lipinski definition) is 4. The Labute approximate surface area is 131 Å². The van der Waals surface area contributed by atoms with Gasteiger partial charge in [0, 0.05) is 0 Å². The van der Waals surface area contributed by atoms with Gasteiger partial charge in [-0.05, 0) is 48.7 Å². The summed E-state index contributed by atoms with van der Waals surface area (Å²) in [7, 11) is -2.71. The van der Waals surface area contributed by atoms with Gasteiger partial charge in [0.2, 0.25) is 0 Å². The number of hydrogen-bond donors (Lipinski definition) is 1. The van der Waals surface area contributed by atoms with Gasteiger partial charge in [-0.2, -0.15) is 0 Å². The van der Waals surface area contributed by atoms with Crippen LogP contribution < -0.4 is 4.74 Å². The second-order valence-corrected chi connectivity index (χ2v) is 5.69. The summed E-state index contributed by atoms with van der Waals surface area (Å²) in [5.41, 5.74) is 1.66. The van der Waals surface area contributed by atoms with Gasteiger partial charge in [-0.3, -0.25) is 0 Å². The lowest BCUT2D eigenvalue weighted by Crippen LogP contribution is -2.10. The van der Waals surface area contributed by atoms with Crippen LogP contribution in [-0.4, -0.2) is 14.4 Å². The average Bonchev–Trinajstić information content (AvgIpc) is 2.52. The van der Waals surface area contributed by atoms with E-state index in [-0.39, 0.29) is 4.90 Å². The van der Waals surface area contributed by atoms with Crippen molar-refractivity contribution >= 4 is 16.7 Å². The highest BCUT2D eigenvalue weighted by molar-refractivity contribution is 7.72. The Morgan fingerprint density at radius 2 is 1.86 bits per heavy atom. The Morgan fingerprint density at radius 3 is 2.45 bits per heavy atom. The minimum atomic E-state index is -2.71. The number of carbonyl (C=O) groups is 1. The normalized spacial score (nSPS) is 10.5. The largest absolute Gasteiger partial charge is 0.423 e. The van der Waals surface area contributed by atoms with E-state index in [1.165, 1.54) is 12.1 Å². The van der Waals surface area contributed by atoms with E-state index in [2.05, 4.69) is 6.58 Å². The first kappa shape index (κ1) is 16.0. The van der Waals surface area contributed by atoms with Crippen LogP contribution in [0.3, 0.4) is 0 Å². The van der Waals surface area contributed by atoms with E-state index in [0.29, 0.717) is 28.9 Å². The maximum absolute atomic E-state index is 12.1. The van der Waals surface area contributed by atoms with Crippen molar-refractivity contribution in [1.29, 1.82) is 0 Å². The predicted molar refractivity (Wildman–Crippen MR) is 85.1 cm³/mol. The van der Waals surface area contributed by atoms with Gasteiger partial charge in [0.15, 0.2) is 10.7 Å². The third-order valence-electron chi connectivity index (χ3n) is 3.28. The summed E-state index contributed by atoms with van der Waals surface area (Å²) in [5, 5.41) is 0. The predicted octanol–water partition coefficient (Wildman–Crippen LogP) is 2.91. The molecule has 5 heteroatoms. The van der Waals surface area contributed by atoms with E-state index in [1.54, 1.807) is 37.3 Å². The van der Waals surface area contributed by atoms with E-state index >= 15 is 0 Å². The van der Waals surface area contributed by atoms with Crippen molar-refractivity contribution in [3.63, 3.8) is 0 Å². The van der Waals surface area contributed by atoms with Gasteiger partial charge in [0.1, 0.15) is 5.75 Å². The molecule has 0 aliphatic heterocycles. The monoisotopic (exact) mass is 316 g/mol. The van der Waals surface area contributed by atoms with Gasteiger partial charge < -0.3 is 4.74 Å². The van der Waals surface area contributed by atoms with Gasteiger partial charge in [-0.15, -0.1) is 6.58 Å². The number of carbonyl (C=O) groups excluding carboxylic acids is 1. The molecule has 0 amide bonds. The number of ether oxygens (including phenoxy) is 1. The van der Waals surface area contributed by atoms with Crippen molar-refractivity contribution in [2.24, 2.45) is 0 Å². The minimum Gasteiger partial charge on any atom is -0.423 e. The second-order valence-electron chi connectivity index (χ2n) is 4.69. The van der Waals surface area contributed by atoms with Gasteiger partial charge in [0.25, 0.3) is 0 Å². The number of thiol groups is 1. The molecule has 4 nitrogen and oxygen atoms in total. The van der Waals surface area contributed by atoms with Crippen LogP contribution in [0.4, 0.5) is 0 Å². The molecule has 0 aliphatic carbocycles. The van der Waals surface area contributed by atoms with Crippen LogP contribution in [0.2, 0.25) is 0 Å². The molecule has 0 fully saturated rings. The Morgan fingerprint density at radius 1 is 1.18 bits per heavy atom. The van der Waals surface area contributed by atoms with Crippen molar-refractivity contribution < 1.29 is 17.9 Å². The molecule has 0 bridgehead atoms. The maximum Gasteiger partial charge on any atom is 0.343 e. The van der Waals surface area contributed by atoms with E-state index in [1.807, 2.05) is 6.07 Å². The molecule has 0 saturated heterocycles. The molecular formula is C17H16O4S. The highest BCUT2D eigenvalue weighted by Crippen LogP contribution is 2.27. The summed E-state index contributed by atoms with van der Waals surface area (Å²) in [4.78, 5) is 12.3. The Kier molecular flexibility index (Phi) is 5.12. The number of allylic oxidation sites excluding steroid dienone is 1. The number of rotatable bonds is 5. The summed E-state index contributed by atoms with van der Waals surface area (Å²) in [6.07, 6.45) is 2.01. The molecule has 22 heavy (non-hydrogen) atoms. The van der Waals surface area contributed by atoms with Crippen molar-refractivity contribution in [3.05, 3.63) is 71.8 Å². The van der Waals surface area contributed by atoms with Gasteiger partial charge in [0.05, 0.1) is 10.5 Å². The zero-order valence-electron chi connectivity index (χ0n) is 12.1. The van der Waals surface area contributed by atoms with Crippen LogP contribution in [0.1, 0.15) is 21.5 Å². The molecule has 0 saturated carbocycles. The van der Waals surface area contributed by atoms with Crippen molar-refractivity contribution in [3.8, 4) is 5.75 Å². The van der Waals surface area contributed by atoms with E-state index in [4.69, 9.17) is 4.74 Å². The van der Waals surface area contributed by atoms with Gasteiger partial charge in [-0.25, -0.2) is 13.2 Å². The maximum atomic E-state index is 12.1. The van der Waals surface area contributed by atoms with Crippen LogP contribution >= 0.6 is 0 Å². The van der Waals surface area contributed by atoms with E-state index in [0.717, 1.165) is 0 Å². The summed E-state index contributed by atoms with van der Waals surface area (Å²) >= 11 is 0. The molecule has 0 radical (unpaired) electrons. The zero-order chi connectivity index (χ0) is 16.1. The highest BCUT2D eigenvalue weighted by Gasteiger charge is 2.15. The fraction of sp³-hybridized carbons (Fsp3) is 0.118. The molecule has 0 spiro atoms. The Balaban J connectivity index is 2.38. The topological polar surface area (TPSA) is 60.4 Å². The van der Waals surface area contributed by atoms with Crippen LogP contribution in [0.15, 0.2) is 60.0 Å². The first-order valence-corrected chi connectivity index (χ1v) is 7.87. The Hall–Kier alpha value is -2.40. The standard InChI is InChI=1S/C17H16O4S/c1-3-7-14-12(2)15(10-11-16(14)22(19)20)21-17(18)13-8-5-4-6-9-13/h3-6,8-11,22H,1,7H2,2H3. The fourth-order valence-electron chi connectivity index (χ4n) is 2.14. The van der Waals surface area contributed by atoms with Crippen molar-refractivity contribution in [2.45, 2.75) is 18.2 Å². The number of benzene rings is 2. The molecule has 0 N–H and O–H groups in total. The third kappa shape index (κ3) is 3.43. The zero-order valence-corrected chi connectivity index (χ0v) is 13.0. The minimum absolute atomic E-state index is 0.229. The highest BCUT2D eigenvalue weighted by atomic mass is 32.2. The fourth-order valence-corrected chi connectivity index (χ4v) is 2.81. The first-order valence-electron chi connectivity index (χ1n) is 6.69. The van der Waals surface area contributed by atoms with Crippen molar-refractivity contribution in [1.82, 2.24) is 0 Å². The quantitative estimate of drug-likeness (QED) is 0.399. The molecule has 0 unspecified atom stereocenters.